The standard InChI is InChI=1S/C14H19N3O2S/c1-20(18,19)10-4-8-14(17-15)12-5-2-7-13-11(12)6-3-9-16-13/h2-3,5-7,9,14,17H,4,8,10,15H2,1H3. The lowest BCUT2D eigenvalue weighted by Gasteiger charge is -2.18. The molecule has 2 rings (SSSR count). The van der Waals surface area contributed by atoms with E-state index in [9.17, 15) is 8.42 Å². The Hall–Kier alpha value is -1.50. The number of hydrogen-bond acceptors (Lipinski definition) is 5. The molecule has 5 nitrogen and oxygen atoms in total. The van der Waals surface area contributed by atoms with Gasteiger partial charge in [0, 0.05) is 29.6 Å². The Balaban J connectivity index is 2.21. The minimum absolute atomic E-state index is 0.0790. The maximum atomic E-state index is 11.2. The molecule has 6 heteroatoms. The highest BCUT2D eigenvalue weighted by molar-refractivity contribution is 7.90. The van der Waals surface area contributed by atoms with Gasteiger partial charge in [0.25, 0.3) is 0 Å². The van der Waals surface area contributed by atoms with Crippen molar-refractivity contribution in [2.75, 3.05) is 12.0 Å². The Morgan fingerprint density at radius 3 is 2.80 bits per heavy atom. The number of nitrogens with two attached hydrogens (primary N) is 1. The molecule has 3 N–H and O–H groups in total. The first kappa shape index (κ1) is 14.9. The number of benzene rings is 1. The Labute approximate surface area is 119 Å². The number of aromatic nitrogens is 1. The van der Waals surface area contributed by atoms with Gasteiger partial charge in [-0.3, -0.25) is 16.3 Å². The Morgan fingerprint density at radius 2 is 2.10 bits per heavy atom. The zero-order valence-electron chi connectivity index (χ0n) is 11.4. The third kappa shape index (κ3) is 3.75. The van der Waals surface area contributed by atoms with E-state index >= 15 is 0 Å². The van der Waals surface area contributed by atoms with E-state index in [1.165, 1.54) is 6.26 Å². The first-order valence-electron chi connectivity index (χ1n) is 6.49. The predicted octanol–water partition coefficient (Wildman–Crippen LogP) is 1.56. The molecule has 20 heavy (non-hydrogen) atoms. The van der Waals surface area contributed by atoms with Gasteiger partial charge in [-0.05, 0) is 30.5 Å². The Kier molecular flexibility index (Phi) is 4.69. The van der Waals surface area contributed by atoms with Crippen molar-refractivity contribution in [2.24, 2.45) is 5.84 Å². The molecule has 0 aliphatic heterocycles. The first-order valence-corrected chi connectivity index (χ1v) is 8.55. The van der Waals surface area contributed by atoms with Crippen molar-refractivity contribution in [3.63, 3.8) is 0 Å². The summed E-state index contributed by atoms with van der Waals surface area (Å²) in [5.41, 5.74) is 4.73. The molecular formula is C14H19N3O2S. The molecule has 0 amide bonds. The topological polar surface area (TPSA) is 85.1 Å². The van der Waals surface area contributed by atoms with Crippen LogP contribution in [0.5, 0.6) is 0 Å². The van der Waals surface area contributed by atoms with E-state index in [1.807, 2.05) is 30.3 Å². The molecule has 1 atom stereocenters. The van der Waals surface area contributed by atoms with Gasteiger partial charge >= 0.3 is 0 Å². The second-order valence-electron chi connectivity index (χ2n) is 4.91. The van der Waals surface area contributed by atoms with E-state index in [-0.39, 0.29) is 11.8 Å². The molecule has 0 fully saturated rings. The van der Waals surface area contributed by atoms with Crippen LogP contribution in [-0.2, 0) is 9.84 Å². The van der Waals surface area contributed by atoms with Crippen LogP contribution in [0.25, 0.3) is 10.9 Å². The monoisotopic (exact) mass is 293 g/mol. The lowest BCUT2D eigenvalue weighted by molar-refractivity contribution is 0.510. The fourth-order valence-corrected chi connectivity index (χ4v) is 3.00. The van der Waals surface area contributed by atoms with Gasteiger partial charge in [-0.15, -0.1) is 0 Å². The summed E-state index contributed by atoms with van der Waals surface area (Å²) in [5.74, 6) is 5.80. The third-order valence-corrected chi connectivity index (χ3v) is 4.29. The predicted molar refractivity (Wildman–Crippen MR) is 80.8 cm³/mol. The number of hydrazine groups is 1. The normalized spacial score (nSPS) is 13.5. The van der Waals surface area contributed by atoms with Crippen molar-refractivity contribution in [1.82, 2.24) is 10.4 Å². The van der Waals surface area contributed by atoms with Crippen LogP contribution in [0.1, 0.15) is 24.4 Å². The molecule has 0 spiro atoms. The van der Waals surface area contributed by atoms with Crippen LogP contribution in [0.2, 0.25) is 0 Å². The molecule has 1 aromatic heterocycles. The molecule has 0 bridgehead atoms. The summed E-state index contributed by atoms with van der Waals surface area (Å²) in [6.45, 7) is 0. The van der Waals surface area contributed by atoms with Crippen molar-refractivity contribution in [3.8, 4) is 0 Å². The van der Waals surface area contributed by atoms with E-state index in [2.05, 4.69) is 10.4 Å². The number of nitrogens with zero attached hydrogens (tertiary/aromatic N) is 1. The van der Waals surface area contributed by atoms with Crippen LogP contribution in [0.4, 0.5) is 0 Å². The van der Waals surface area contributed by atoms with E-state index in [4.69, 9.17) is 5.84 Å². The second kappa shape index (κ2) is 6.30. The fourth-order valence-electron chi connectivity index (χ4n) is 2.31. The van der Waals surface area contributed by atoms with Gasteiger partial charge in [-0.25, -0.2) is 8.42 Å². The molecule has 1 heterocycles. The van der Waals surface area contributed by atoms with Gasteiger partial charge < -0.3 is 0 Å². The Morgan fingerprint density at radius 1 is 1.30 bits per heavy atom. The maximum Gasteiger partial charge on any atom is 0.147 e. The minimum Gasteiger partial charge on any atom is -0.271 e. The molecule has 108 valence electrons. The van der Waals surface area contributed by atoms with Crippen molar-refractivity contribution >= 4 is 20.7 Å². The van der Waals surface area contributed by atoms with Gasteiger partial charge in [0.05, 0.1) is 5.52 Å². The summed E-state index contributed by atoms with van der Waals surface area (Å²) in [4.78, 5) is 4.31. The highest BCUT2D eigenvalue weighted by atomic mass is 32.2. The summed E-state index contributed by atoms with van der Waals surface area (Å²) >= 11 is 0. The maximum absolute atomic E-state index is 11.2. The number of nitrogens with one attached hydrogen (secondary N) is 1. The highest BCUT2D eigenvalue weighted by Crippen LogP contribution is 2.25. The minimum atomic E-state index is -2.93. The zero-order chi connectivity index (χ0) is 14.6. The molecule has 0 aliphatic carbocycles. The van der Waals surface area contributed by atoms with Crippen LogP contribution in [0, 0.1) is 0 Å². The van der Waals surface area contributed by atoms with E-state index in [0.29, 0.717) is 12.8 Å². The van der Waals surface area contributed by atoms with Crippen molar-refractivity contribution < 1.29 is 8.42 Å². The number of pyridine rings is 1. The summed E-state index contributed by atoms with van der Waals surface area (Å²) in [6.07, 6.45) is 4.24. The summed E-state index contributed by atoms with van der Waals surface area (Å²) in [7, 11) is -2.93. The van der Waals surface area contributed by atoms with Gasteiger partial charge in [-0.2, -0.15) is 0 Å². The molecular weight excluding hydrogens is 274 g/mol. The van der Waals surface area contributed by atoms with Crippen molar-refractivity contribution in [1.29, 1.82) is 0 Å². The average molecular weight is 293 g/mol. The second-order valence-corrected chi connectivity index (χ2v) is 7.17. The van der Waals surface area contributed by atoms with Gasteiger partial charge in [-0.1, -0.05) is 18.2 Å². The van der Waals surface area contributed by atoms with Crippen LogP contribution in [-0.4, -0.2) is 25.4 Å². The Bertz CT molecular complexity index is 680. The quantitative estimate of drug-likeness (QED) is 0.623. The molecule has 0 saturated heterocycles. The van der Waals surface area contributed by atoms with E-state index in [1.54, 1.807) is 6.20 Å². The molecule has 0 radical (unpaired) electrons. The number of sulfone groups is 1. The smallest absolute Gasteiger partial charge is 0.147 e. The first-order chi connectivity index (χ1) is 9.51. The van der Waals surface area contributed by atoms with Gasteiger partial charge in [0.15, 0.2) is 0 Å². The largest absolute Gasteiger partial charge is 0.271 e. The fraction of sp³-hybridized carbons (Fsp3) is 0.357. The summed E-state index contributed by atoms with van der Waals surface area (Å²) < 4.78 is 22.4. The highest BCUT2D eigenvalue weighted by Gasteiger charge is 2.14. The van der Waals surface area contributed by atoms with Crippen LogP contribution in [0.15, 0.2) is 36.5 Å². The molecule has 1 unspecified atom stereocenters. The lowest BCUT2D eigenvalue weighted by Crippen LogP contribution is -2.28. The third-order valence-electron chi connectivity index (χ3n) is 3.26. The number of hydrogen-bond donors (Lipinski definition) is 2. The van der Waals surface area contributed by atoms with E-state index in [0.717, 1.165) is 16.5 Å². The zero-order valence-corrected chi connectivity index (χ0v) is 12.2. The number of rotatable bonds is 6. The lowest BCUT2D eigenvalue weighted by atomic mass is 9.98. The molecule has 1 aromatic carbocycles. The molecule has 0 aliphatic rings. The number of fused-ring (bicyclic) bond motifs is 1. The molecule has 2 aromatic rings. The van der Waals surface area contributed by atoms with Crippen LogP contribution in [0.3, 0.4) is 0 Å². The molecule has 0 saturated carbocycles. The van der Waals surface area contributed by atoms with Gasteiger partial charge in [0.2, 0.25) is 0 Å². The van der Waals surface area contributed by atoms with Gasteiger partial charge in [0.1, 0.15) is 9.84 Å². The van der Waals surface area contributed by atoms with E-state index < -0.39 is 9.84 Å². The average Bonchev–Trinajstić information content (AvgIpc) is 2.42. The van der Waals surface area contributed by atoms with Crippen LogP contribution < -0.4 is 11.3 Å². The van der Waals surface area contributed by atoms with Crippen molar-refractivity contribution in [3.05, 3.63) is 42.1 Å². The van der Waals surface area contributed by atoms with Crippen LogP contribution >= 0.6 is 0 Å². The summed E-state index contributed by atoms with van der Waals surface area (Å²) in [6, 6.07) is 9.68. The SMILES string of the molecule is CS(=O)(=O)CCCC(NN)c1cccc2ncccc12. The summed E-state index contributed by atoms with van der Waals surface area (Å²) in [5, 5.41) is 1.04. The van der Waals surface area contributed by atoms with Crippen molar-refractivity contribution in [2.45, 2.75) is 18.9 Å².